The molecular weight excluding hydrogens is 400 g/mol. The molecule has 3 rings (SSSR count). The van der Waals surface area contributed by atoms with Crippen molar-refractivity contribution >= 4 is 52.2 Å². The molecule has 1 heterocycles. The number of nitrogens with zero attached hydrogens (tertiary/aromatic N) is 1. The Morgan fingerprint density at radius 2 is 1.85 bits per heavy atom. The molecule has 0 saturated carbocycles. The van der Waals surface area contributed by atoms with Crippen molar-refractivity contribution in [1.29, 1.82) is 0 Å². The second-order valence-electron chi connectivity index (χ2n) is 5.38. The van der Waals surface area contributed by atoms with Gasteiger partial charge in [-0.1, -0.05) is 41.4 Å². The smallest absolute Gasteiger partial charge is 0.293 e. The predicted molar refractivity (Wildman–Crippen MR) is 101 cm³/mol. The second kappa shape index (κ2) is 7.70. The van der Waals surface area contributed by atoms with Crippen LogP contribution in [0.3, 0.4) is 0 Å². The number of rotatable bonds is 4. The normalized spacial score (nSPS) is 15.8. The summed E-state index contributed by atoms with van der Waals surface area (Å²) in [6.45, 7) is -0.126. The summed E-state index contributed by atoms with van der Waals surface area (Å²) in [5.41, 5.74) is 0.823. The largest absolute Gasteiger partial charge is 0.494 e. The van der Waals surface area contributed by atoms with Crippen molar-refractivity contribution in [2.24, 2.45) is 0 Å². The van der Waals surface area contributed by atoms with E-state index < -0.39 is 17.0 Å². The van der Waals surface area contributed by atoms with E-state index in [9.17, 15) is 14.0 Å². The van der Waals surface area contributed by atoms with Crippen LogP contribution in [0.2, 0.25) is 10.0 Å². The van der Waals surface area contributed by atoms with Crippen LogP contribution in [0.4, 0.5) is 9.18 Å². The summed E-state index contributed by atoms with van der Waals surface area (Å²) < 4.78 is 18.9. The minimum Gasteiger partial charge on any atom is -0.494 e. The average molecular weight is 412 g/mol. The van der Waals surface area contributed by atoms with E-state index >= 15 is 0 Å². The van der Waals surface area contributed by atoms with Gasteiger partial charge in [0.25, 0.3) is 11.1 Å². The van der Waals surface area contributed by atoms with Gasteiger partial charge in [0, 0.05) is 5.56 Å². The fourth-order valence-electron chi connectivity index (χ4n) is 2.44. The zero-order valence-corrected chi connectivity index (χ0v) is 15.8. The van der Waals surface area contributed by atoms with E-state index in [1.807, 2.05) is 0 Å². The predicted octanol–water partition coefficient (Wildman–Crippen LogP) is 5.38. The van der Waals surface area contributed by atoms with Crippen LogP contribution < -0.4 is 4.74 Å². The monoisotopic (exact) mass is 411 g/mol. The molecule has 2 amide bonds. The first kappa shape index (κ1) is 18.8. The van der Waals surface area contributed by atoms with E-state index in [0.717, 1.165) is 16.7 Å². The number of amides is 2. The second-order valence-corrected chi connectivity index (χ2v) is 7.18. The van der Waals surface area contributed by atoms with Crippen LogP contribution in [-0.2, 0) is 11.3 Å². The summed E-state index contributed by atoms with van der Waals surface area (Å²) in [4.78, 5) is 25.9. The number of halogens is 3. The molecule has 0 unspecified atom stereocenters. The Bertz CT molecular complexity index is 909. The molecule has 26 heavy (non-hydrogen) atoms. The lowest BCUT2D eigenvalue weighted by molar-refractivity contribution is -0.123. The van der Waals surface area contributed by atoms with Crippen molar-refractivity contribution in [3.63, 3.8) is 0 Å². The Labute approximate surface area is 163 Å². The number of carbonyl (C=O) groups is 2. The fraction of sp³-hybridized carbons (Fsp3) is 0.111. The highest BCUT2D eigenvalue weighted by Gasteiger charge is 2.35. The standard InChI is InChI=1S/C18H12Cl2FNO3S/c1-25-16-12(19)6-10(7-13(16)20)8-15-17(23)22(18(24)26-15)9-11-4-2-3-5-14(11)21/h2-8H,9H2,1H3/b15-8-. The number of imide groups is 1. The fourth-order valence-corrected chi connectivity index (χ4v) is 3.94. The molecule has 134 valence electrons. The molecule has 0 N–H and O–H groups in total. The number of hydrogen-bond donors (Lipinski definition) is 0. The molecule has 0 aromatic heterocycles. The quantitative estimate of drug-likeness (QED) is 0.633. The van der Waals surface area contributed by atoms with Crippen LogP contribution >= 0.6 is 35.0 Å². The highest BCUT2D eigenvalue weighted by atomic mass is 35.5. The zero-order valence-electron chi connectivity index (χ0n) is 13.5. The van der Waals surface area contributed by atoms with Crippen molar-refractivity contribution in [1.82, 2.24) is 4.90 Å². The van der Waals surface area contributed by atoms with Gasteiger partial charge in [0.1, 0.15) is 5.82 Å². The molecule has 2 aromatic rings. The van der Waals surface area contributed by atoms with E-state index in [1.165, 1.54) is 25.3 Å². The molecule has 1 aliphatic rings. The lowest BCUT2D eigenvalue weighted by Gasteiger charge is -2.12. The lowest BCUT2D eigenvalue weighted by Crippen LogP contribution is -2.27. The van der Waals surface area contributed by atoms with Gasteiger partial charge in [-0.05, 0) is 41.6 Å². The lowest BCUT2D eigenvalue weighted by atomic mass is 10.2. The first-order chi connectivity index (χ1) is 12.4. The van der Waals surface area contributed by atoms with E-state index in [-0.39, 0.29) is 27.1 Å². The van der Waals surface area contributed by atoms with Crippen molar-refractivity contribution in [3.8, 4) is 5.75 Å². The SMILES string of the molecule is COc1c(Cl)cc(/C=C2\SC(=O)N(Cc3ccccc3F)C2=O)cc1Cl. The molecule has 0 radical (unpaired) electrons. The maximum Gasteiger partial charge on any atom is 0.293 e. The Kier molecular flexibility index (Phi) is 5.55. The van der Waals surface area contributed by atoms with Gasteiger partial charge < -0.3 is 4.74 Å². The van der Waals surface area contributed by atoms with Gasteiger partial charge in [-0.15, -0.1) is 0 Å². The summed E-state index contributed by atoms with van der Waals surface area (Å²) in [7, 11) is 1.45. The van der Waals surface area contributed by atoms with Crippen LogP contribution in [-0.4, -0.2) is 23.2 Å². The Morgan fingerprint density at radius 3 is 2.46 bits per heavy atom. The van der Waals surface area contributed by atoms with Crippen LogP contribution in [0.1, 0.15) is 11.1 Å². The minimum absolute atomic E-state index is 0.126. The highest BCUT2D eigenvalue weighted by molar-refractivity contribution is 8.18. The number of benzene rings is 2. The summed E-state index contributed by atoms with van der Waals surface area (Å²) in [6.07, 6.45) is 1.52. The van der Waals surface area contributed by atoms with E-state index in [0.29, 0.717) is 11.3 Å². The molecule has 8 heteroatoms. The number of thioether (sulfide) groups is 1. The van der Waals surface area contributed by atoms with E-state index in [1.54, 1.807) is 24.3 Å². The van der Waals surface area contributed by atoms with Crippen molar-refractivity contribution in [2.75, 3.05) is 7.11 Å². The third-order valence-electron chi connectivity index (χ3n) is 3.68. The van der Waals surface area contributed by atoms with Gasteiger partial charge in [-0.2, -0.15) is 0 Å². The highest BCUT2D eigenvalue weighted by Crippen LogP contribution is 2.37. The molecule has 0 spiro atoms. The molecule has 1 fully saturated rings. The summed E-state index contributed by atoms with van der Waals surface area (Å²) in [5, 5.41) is 0.115. The molecule has 4 nitrogen and oxygen atoms in total. The molecule has 0 atom stereocenters. The third-order valence-corrected chi connectivity index (χ3v) is 5.15. The minimum atomic E-state index is -0.494. The topological polar surface area (TPSA) is 46.6 Å². The van der Waals surface area contributed by atoms with Gasteiger partial charge in [-0.25, -0.2) is 4.39 Å². The zero-order chi connectivity index (χ0) is 18.8. The van der Waals surface area contributed by atoms with Gasteiger partial charge >= 0.3 is 0 Å². The van der Waals surface area contributed by atoms with Crippen LogP contribution in [0.5, 0.6) is 5.75 Å². The molecule has 0 bridgehead atoms. The molecule has 2 aromatic carbocycles. The Hall–Kier alpha value is -2.02. The van der Waals surface area contributed by atoms with Crippen LogP contribution in [0, 0.1) is 5.82 Å². The number of carbonyl (C=O) groups excluding carboxylic acids is 2. The number of ether oxygens (including phenoxy) is 1. The molecular formula is C18H12Cl2FNO3S. The van der Waals surface area contributed by atoms with E-state index in [2.05, 4.69) is 0 Å². The van der Waals surface area contributed by atoms with Gasteiger partial charge in [0.2, 0.25) is 0 Å². The Morgan fingerprint density at radius 1 is 1.19 bits per heavy atom. The van der Waals surface area contributed by atoms with Crippen molar-refractivity contribution in [3.05, 3.63) is 68.3 Å². The maximum atomic E-state index is 13.8. The number of hydrogen-bond acceptors (Lipinski definition) is 4. The molecule has 0 aliphatic carbocycles. The first-order valence-corrected chi connectivity index (χ1v) is 8.99. The summed E-state index contributed by atoms with van der Waals surface area (Å²) in [6, 6.07) is 9.17. The molecule has 1 aliphatic heterocycles. The molecule has 1 saturated heterocycles. The first-order valence-electron chi connectivity index (χ1n) is 7.42. The van der Waals surface area contributed by atoms with Crippen molar-refractivity contribution in [2.45, 2.75) is 6.54 Å². The van der Waals surface area contributed by atoms with Crippen LogP contribution in [0.25, 0.3) is 6.08 Å². The average Bonchev–Trinajstić information content (AvgIpc) is 2.84. The number of methoxy groups -OCH3 is 1. The maximum absolute atomic E-state index is 13.8. The van der Waals surface area contributed by atoms with Gasteiger partial charge in [-0.3, -0.25) is 14.5 Å². The van der Waals surface area contributed by atoms with E-state index in [4.69, 9.17) is 27.9 Å². The summed E-state index contributed by atoms with van der Waals surface area (Å²) in [5.74, 6) is -0.631. The van der Waals surface area contributed by atoms with Crippen molar-refractivity contribution < 1.29 is 18.7 Å². The van der Waals surface area contributed by atoms with Crippen LogP contribution in [0.15, 0.2) is 41.3 Å². The Balaban J connectivity index is 1.87. The van der Waals surface area contributed by atoms with Gasteiger partial charge in [0.05, 0.1) is 28.6 Å². The third kappa shape index (κ3) is 3.72. The van der Waals surface area contributed by atoms with Gasteiger partial charge in [0.15, 0.2) is 5.75 Å². The summed E-state index contributed by atoms with van der Waals surface area (Å²) >= 11 is 13.0.